The number of rotatable bonds is 5. The van der Waals surface area contributed by atoms with Gasteiger partial charge < -0.3 is 11.5 Å². The Hall–Kier alpha value is -1.61. The standard InChI is InChI=1S/C11H22.C10H12FN.C5H11N.C2H4/c1-3-4-8-11-9-6-5-7-10(11)2;11-8-5-7-3-1-2-4-9(7)10(12)6-8;1-5(2)3-4-6;1-2/h10-11H,3-9H2,1-2H3;5-6H,1-4,12H2;1,3-4,6H2,2H3;1-2H2. The smallest absolute Gasteiger partial charge is 0.125 e. The van der Waals surface area contributed by atoms with Crippen molar-refractivity contribution in [1.29, 1.82) is 0 Å². The summed E-state index contributed by atoms with van der Waals surface area (Å²) in [6.45, 7) is 17.1. The van der Waals surface area contributed by atoms with Crippen LogP contribution in [0.4, 0.5) is 10.1 Å². The lowest BCUT2D eigenvalue weighted by molar-refractivity contribution is 0.237. The van der Waals surface area contributed by atoms with Crippen LogP contribution in [0.1, 0.15) is 96.1 Å². The molecule has 3 heteroatoms. The van der Waals surface area contributed by atoms with Crippen molar-refractivity contribution >= 4 is 5.69 Å². The molecule has 178 valence electrons. The first-order valence-electron chi connectivity index (χ1n) is 12.3. The lowest BCUT2D eigenvalue weighted by atomic mass is 9.78. The second-order valence-corrected chi connectivity index (χ2v) is 9.00. The van der Waals surface area contributed by atoms with Crippen LogP contribution in [0, 0.1) is 17.7 Å². The lowest BCUT2D eigenvalue weighted by Gasteiger charge is -2.28. The summed E-state index contributed by atoms with van der Waals surface area (Å²) in [5, 5.41) is 0. The first-order valence-corrected chi connectivity index (χ1v) is 12.3. The minimum absolute atomic E-state index is 0.201. The normalized spacial score (nSPS) is 19.3. The molecule has 0 amide bonds. The highest BCUT2D eigenvalue weighted by atomic mass is 19.1. The van der Waals surface area contributed by atoms with Gasteiger partial charge in [0.05, 0.1) is 0 Å². The van der Waals surface area contributed by atoms with Crippen LogP contribution in [0.25, 0.3) is 0 Å². The highest BCUT2D eigenvalue weighted by Gasteiger charge is 2.19. The molecule has 0 spiro atoms. The van der Waals surface area contributed by atoms with E-state index in [9.17, 15) is 4.39 Å². The fourth-order valence-electron chi connectivity index (χ4n) is 4.40. The molecule has 0 aliphatic heterocycles. The van der Waals surface area contributed by atoms with Crippen molar-refractivity contribution in [1.82, 2.24) is 0 Å². The van der Waals surface area contributed by atoms with Crippen molar-refractivity contribution in [2.75, 3.05) is 12.3 Å². The van der Waals surface area contributed by atoms with E-state index in [-0.39, 0.29) is 5.82 Å². The Morgan fingerprint density at radius 2 is 1.74 bits per heavy atom. The summed E-state index contributed by atoms with van der Waals surface area (Å²) in [6.07, 6.45) is 15.6. The van der Waals surface area contributed by atoms with E-state index < -0.39 is 0 Å². The van der Waals surface area contributed by atoms with Gasteiger partial charge in [0.15, 0.2) is 0 Å². The summed E-state index contributed by atoms with van der Waals surface area (Å²) in [5.41, 5.74) is 14.9. The Labute approximate surface area is 192 Å². The summed E-state index contributed by atoms with van der Waals surface area (Å²) in [5.74, 6) is 1.90. The number of halogens is 1. The Kier molecular flexibility index (Phi) is 17.1. The van der Waals surface area contributed by atoms with Crippen LogP contribution in [0.5, 0.6) is 0 Å². The second-order valence-electron chi connectivity index (χ2n) is 9.00. The van der Waals surface area contributed by atoms with Crippen LogP contribution in [-0.4, -0.2) is 6.54 Å². The number of aryl methyl sites for hydroxylation is 1. The molecule has 2 unspecified atom stereocenters. The molecule has 4 N–H and O–H groups in total. The Balaban J connectivity index is 0.000000441. The van der Waals surface area contributed by atoms with E-state index in [1.165, 1.54) is 63.0 Å². The molecule has 2 nitrogen and oxygen atoms in total. The van der Waals surface area contributed by atoms with Gasteiger partial charge in [0, 0.05) is 5.69 Å². The average molecular weight is 433 g/mol. The van der Waals surface area contributed by atoms with E-state index in [1.54, 1.807) is 6.07 Å². The summed E-state index contributed by atoms with van der Waals surface area (Å²) in [4.78, 5) is 0. The molecule has 0 radical (unpaired) electrons. The van der Waals surface area contributed by atoms with Crippen LogP contribution in [-0.2, 0) is 12.8 Å². The Morgan fingerprint density at radius 3 is 2.29 bits per heavy atom. The molecular formula is C28H49FN2. The van der Waals surface area contributed by atoms with Gasteiger partial charge in [-0.05, 0) is 80.7 Å². The maximum absolute atomic E-state index is 12.9. The van der Waals surface area contributed by atoms with Crippen LogP contribution in [0.15, 0.2) is 37.4 Å². The third-order valence-corrected chi connectivity index (χ3v) is 6.25. The van der Waals surface area contributed by atoms with Gasteiger partial charge in [-0.2, -0.15) is 0 Å². The Morgan fingerprint density at radius 1 is 1.10 bits per heavy atom. The van der Waals surface area contributed by atoms with Gasteiger partial charge in [-0.25, -0.2) is 4.39 Å². The van der Waals surface area contributed by atoms with E-state index in [1.807, 2.05) is 6.92 Å². The number of fused-ring (bicyclic) bond motifs is 1. The minimum Gasteiger partial charge on any atom is -0.398 e. The average Bonchev–Trinajstić information content (AvgIpc) is 2.75. The molecule has 2 aliphatic carbocycles. The van der Waals surface area contributed by atoms with Gasteiger partial charge in [-0.15, -0.1) is 19.7 Å². The zero-order chi connectivity index (χ0) is 23.6. The summed E-state index contributed by atoms with van der Waals surface area (Å²) >= 11 is 0. The van der Waals surface area contributed by atoms with Gasteiger partial charge in [0.25, 0.3) is 0 Å². The topological polar surface area (TPSA) is 52.0 Å². The molecule has 0 bridgehead atoms. The molecule has 2 aliphatic rings. The molecule has 0 heterocycles. The molecular weight excluding hydrogens is 383 g/mol. The zero-order valence-corrected chi connectivity index (χ0v) is 20.7. The molecule has 2 atom stereocenters. The van der Waals surface area contributed by atoms with E-state index in [4.69, 9.17) is 11.5 Å². The monoisotopic (exact) mass is 432 g/mol. The zero-order valence-electron chi connectivity index (χ0n) is 20.7. The number of unbranched alkanes of at least 4 members (excludes halogenated alkanes) is 1. The quantitative estimate of drug-likeness (QED) is 0.366. The largest absolute Gasteiger partial charge is 0.398 e. The van der Waals surface area contributed by atoms with Crippen molar-refractivity contribution in [2.24, 2.45) is 17.6 Å². The van der Waals surface area contributed by atoms with Crippen LogP contribution >= 0.6 is 0 Å². The summed E-state index contributed by atoms with van der Waals surface area (Å²) < 4.78 is 12.9. The number of hydrogen-bond acceptors (Lipinski definition) is 2. The lowest BCUT2D eigenvalue weighted by Crippen LogP contribution is -2.16. The molecule has 3 rings (SSSR count). The molecule has 1 aromatic carbocycles. The Bertz CT molecular complexity index is 611. The van der Waals surface area contributed by atoms with Gasteiger partial charge in [0.1, 0.15) is 5.82 Å². The number of nitrogens with two attached hydrogens (primary N) is 2. The number of benzene rings is 1. The van der Waals surface area contributed by atoms with Crippen LogP contribution in [0.3, 0.4) is 0 Å². The first-order chi connectivity index (χ1) is 14.9. The van der Waals surface area contributed by atoms with Crippen molar-refractivity contribution < 1.29 is 4.39 Å². The van der Waals surface area contributed by atoms with Crippen molar-refractivity contribution in [2.45, 2.75) is 97.8 Å². The van der Waals surface area contributed by atoms with Gasteiger partial charge in [0.2, 0.25) is 0 Å². The number of nitrogen functional groups attached to an aromatic ring is 1. The maximum Gasteiger partial charge on any atom is 0.125 e. The molecule has 1 saturated carbocycles. The minimum atomic E-state index is -0.201. The van der Waals surface area contributed by atoms with E-state index in [0.717, 1.165) is 55.2 Å². The van der Waals surface area contributed by atoms with E-state index >= 15 is 0 Å². The fourth-order valence-corrected chi connectivity index (χ4v) is 4.40. The molecule has 1 fully saturated rings. The molecule has 0 saturated heterocycles. The molecule has 31 heavy (non-hydrogen) atoms. The van der Waals surface area contributed by atoms with Crippen molar-refractivity contribution in [3.05, 3.63) is 54.4 Å². The van der Waals surface area contributed by atoms with Crippen molar-refractivity contribution in [3.63, 3.8) is 0 Å². The highest BCUT2D eigenvalue weighted by molar-refractivity contribution is 5.52. The maximum atomic E-state index is 12.9. The highest BCUT2D eigenvalue weighted by Crippen LogP contribution is 2.32. The van der Waals surface area contributed by atoms with Gasteiger partial charge >= 0.3 is 0 Å². The molecule has 1 aromatic rings. The van der Waals surface area contributed by atoms with Gasteiger partial charge in [-0.1, -0.05) is 64.4 Å². The van der Waals surface area contributed by atoms with Crippen LogP contribution in [0.2, 0.25) is 0 Å². The predicted molar refractivity (Wildman–Crippen MR) is 138 cm³/mol. The third-order valence-electron chi connectivity index (χ3n) is 6.25. The van der Waals surface area contributed by atoms with Gasteiger partial charge in [-0.3, -0.25) is 0 Å². The third kappa shape index (κ3) is 12.7. The SMILES string of the molecule is C=C.C=C(C)CCN.CCCCC1CCCCC1C.Nc1cc(F)cc2c1CCCC2. The second kappa shape index (κ2) is 18.0. The summed E-state index contributed by atoms with van der Waals surface area (Å²) in [6, 6.07) is 3.04. The number of hydrogen-bond donors (Lipinski definition) is 2. The summed E-state index contributed by atoms with van der Waals surface area (Å²) in [7, 11) is 0. The fraction of sp³-hybridized carbons (Fsp3) is 0.643. The van der Waals surface area contributed by atoms with Crippen molar-refractivity contribution in [3.8, 4) is 0 Å². The van der Waals surface area contributed by atoms with Crippen LogP contribution < -0.4 is 11.5 Å². The first kappa shape index (κ1) is 29.4. The van der Waals surface area contributed by atoms with E-state index in [2.05, 4.69) is 33.6 Å². The number of anilines is 1. The predicted octanol–water partition coefficient (Wildman–Crippen LogP) is 8.00. The van der Waals surface area contributed by atoms with E-state index in [0.29, 0.717) is 5.69 Å². The molecule has 0 aromatic heterocycles.